The van der Waals surface area contributed by atoms with Crippen molar-refractivity contribution in [3.63, 3.8) is 0 Å². The quantitative estimate of drug-likeness (QED) is 0.580. The number of amides is 1. The lowest BCUT2D eigenvalue weighted by Crippen LogP contribution is -2.61. The fourth-order valence-corrected chi connectivity index (χ4v) is 2.33. The molecule has 1 amide bonds. The summed E-state index contributed by atoms with van der Waals surface area (Å²) in [4.78, 5) is 11.2. The van der Waals surface area contributed by atoms with E-state index in [0.717, 1.165) is 12.8 Å². The Morgan fingerprint density at radius 3 is 2.54 bits per heavy atom. The minimum atomic E-state index is 0.236. The molecular formula is C11H11NO. The van der Waals surface area contributed by atoms with E-state index in [1.807, 2.05) is 0 Å². The number of β-lactam (4-membered cyclic amide) rings is 1. The molecule has 1 aromatic rings. The predicted molar refractivity (Wildman–Crippen MR) is 49.3 cm³/mol. The number of nitrogens with one attached hydrogen (secondary N) is 1. The zero-order chi connectivity index (χ0) is 8.84. The normalized spacial score (nSPS) is 29.7. The maximum absolute atomic E-state index is 11.2. The summed E-state index contributed by atoms with van der Waals surface area (Å²) in [7, 11) is 0. The average Bonchev–Trinajstić information content (AvgIpc) is 2.16. The number of hydrogen-bond acceptors (Lipinski definition) is 1. The van der Waals surface area contributed by atoms with Gasteiger partial charge in [-0.2, -0.15) is 0 Å². The van der Waals surface area contributed by atoms with Gasteiger partial charge in [0.25, 0.3) is 0 Å². The maximum atomic E-state index is 11.2. The van der Waals surface area contributed by atoms with E-state index in [4.69, 9.17) is 0 Å². The number of benzene rings is 1. The lowest BCUT2D eigenvalue weighted by molar-refractivity contribution is -0.135. The summed E-state index contributed by atoms with van der Waals surface area (Å²) in [5, 5.41) is 2.95. The van der Waals surface area contributed by atoms with Gasteiger partial charge in [-0.15, -0.1) is 0 Å². The van der Waals surface area contributed by atoms with E-state index in [1.165, 1.54) is 11.1 Å². The molecule has 2 atom stereocenters. The summed E-state index contributed by atoms with van der Waals surface area (Å²) in [6, 6.07) is 8.84. The highest BCUT2D eigenvalue weighted by Gasteiger charge is 2.41. The Hall–Kier alpha value is -1.31. The fourth-order valence-electron chi connectivity index (χ4n) is 2.33. The highest BCUT2D eigenvalue weighted by Crippen LogP contribution is 2.30. The number of carbonyl (C=O) groups is 1. The van der Waals surface area contributed by atoms with Gasteiger partial charge in [0, 0.05) is 6.04 Å². The van der Waals surface area contributed by atoms with Crippen LogP contribution in [0.3, 0.4) is 0 Å². The number of rotatable bonds is 0. The third-order valence-electron chi connectivity index (χ3n) is 3.15. The van der Waals surface area contributed by atoms with Gasteiger partial charge in [-0.05, 0) is 24.0 Å². The van der Waals surface area contributed by atoms with Crippen molar-refractivity contribution in [3.8, 4) is 0 Å². The SMILES string of the molecule is O=C1NC2Cc3ccccc3CC12. The lowest BCUT2D eigenvalue weighted by atomic mass is 9.75. The van der Waals surface area contributed by atoms with Crippen LogP contribution in [0.25, 0.3) is 0 Å². The first kappa shape index (κ1) is 7.13. The highest BCUT2D eigenvalue weighted by atomic mass is 16.2. The minimum absolute atomic E-state index is 0.236. The summed E-state index contributed by atoms with van der Waals surface area (Å²) < 4.78 is 0. The topological polar surface area (TPSA) is 29.1 Å². The summed E-state index contributed by atoms with van der Waals surface area (Å²) >= 11 is 0. The molecule has 1 aliphatic carbocycles. The van der Waals surface area contributed by atoms with Crippen LogP contribution < -0.4 is 5.32 Å². The van der Waals surface area contributed by atoms with E-state index in [-0.39, 0.29) is 11.8 Å². The molecule has 0 saturated carbocycles. The second-order valence-corrected chi connectivity index (χ2v) is 3.90. The first-order valence-corrected chi connectivity index (χ1v) is 4.72. The zero-order valence-corrected chi connectivity index (χ0v) is 7.29. The van der Waals surface area contributed by atoms with Crippen molar-refractivity contribution in [3.05, 3.63) is 35.4 Å². The van der Waals surface area contributed by atoms with Gasteiger partial charge in [0.2, 0.25) is 5.91 Å². The van der Waals surface area contributed by atoms with Crippen molar-refractivity contribution in [2.75, 3.05) is 0 Å². The van der Waals surface area contributed by atoms with Crippen LogP contribution in [-0.2, 0) is 17.6 Å². The van der Waals surface area contributed by atoms with Crippen LogP contribution in [0.15, 0.2) is 24.3 Å². The van der Waals surface area contributed by atoms with Crippen molar-refractivity contribution in [2.24, 2.45) is 5.92 Å². The molecule has 0 bridgehead atoms. The largest absolute Gasteiger partial charge is 0.352 e. The monoisotopic (exact) mass is 173 g/mol. The number of fused-ring (bicyclic) bond motifs is 2. The molecule has 2 nitrogen and oxygen atoms in total. The summed E-state index contributed by atoms with van der Waals surface area (Å²) in [5.74, 6) is 0.495. The molecule has 0 aromatic heterocycles. The van der Waals surface area contributed by atoms with Gasteiger partial charge in [0.1, 0.15) is 0 Å². The molecule has 2 heteroatoms. The molecule has 1 N–H and O–H groups in total. The van der Waals surface area contributed by atoms with E-state index in [1.54, 1.807) is 0 Å². The fraction of sp³-hybridized carbons (Fsp3) is 0.364. The molecule has 1 aromatic carbocycles. The third kappa shape index (κ3) is 0.916. The van der Waals surface area contributed by atoms with Crippen LogP contribution in [0.2, 0.25) is 0 Å². The Bertz CT molecular complexity index is 372. The van der Waals surface area contributed by atoms with Gasteiger partial charge in [0.15, 0.2) is 0 Å². The van der Waals surface area contributed by atoms with E-state index >= 15 is 0 Å². The van der Waals surface area contributed by atoms with Crippen LogP contribution in [-0.4, -0.2) is 11.9 Å². The molecule has 1 aliphatic heterocycles. The van der Waals surface area contributed by atoms with Crippen molar-refractivity contribution < 1.29 is 4.79 Å². The Balaban J connectivity index is 1.99. The first-order valence-electron chi connectivity index (χ1n) is 4.72. The summed E-state index contributed by atoms with van der Waals surface area (Å²) in [6.45, 7) is 0. The van der Waals surface area contributed by atoms with Gasteiger partial charge in [0.05, 0.1) is 5.92 Å². The molecule has 13 heavy (non-hydrogen) atoms. The Morgan fingerprint density at radius 2 is 1.85 bits per heavy atom. The smallest absolute Gasteiger partial charge is 0.225 e. The Labute approximate surface area is 77.0 Å². The molecule has 1 fully saturated rings. The van der Waals surface area contributed by atoms with Crippen LogP contribution in [0.4, 0.5) is 0 Å². The van der Waals surface area contributed by atoms with E-state index in [0.29, 0.717) is 6.04 Å². The van der Waals surface area contributed by atoms with E-state index in [2.05, 4.69) is 29.6 Å². The number of hydrogen-bond donors (Lipinski definition) is 1. The van der Waals surface area contributed by atoms with Gasteiger partial charge >= 0.3 is 0 Å². The van der Waals surface area contributed by atoms with E-state index in [9.17, 15) is 4.79 Å². The Kier molecular flexibility index (Phi) is 1.29. The summed E-state index contributed by atoms with van der Waals surface area (Å²) in [5.41, 5.74) is 2.77. The van der Waals surface area contributed by atoms with Crippen LogP contribution in [0.1, 0.15) is 11.1 Å². The first-order chi connectivity index (χ1) is 6.34. The molecule has 66 valence electrons. The zero-order valence-electron chi connectivity index (χ0n) is 7.29. The van der Waals surface area contributed by atoms with Crippen molar-refractivity contribution in [1.29, 1.82) is 0 Å². The third-order valence-corrected chi connectivity index (χ3v) is 3.15. The Morgan fingerprint density at radius 1 is 1.15 bits per heavy atom. The standard InChI is InChI=1S/C11H11NO/c13-11-9-5-7-3-1-2-4-8(7)6-10(9)12-11/h1-4,9-10H,5-6H2,(H,12,13). The molecule has 2 unspecified atom stereocenters. The van der Waals surface area contributed by atoms with Gasteiger partial charge < -0.3 is 5.32 Å². The van der Waals surface area contributed by atoms with Crippen LogP contribution in [0.5, 0.6) is 0 Å². The molecular weight excluding hydrogens is 162 g/mol. The van der Waals surface area contributed by atoms with Crippen molar-refractivity contribution >= 4 is 5.91 Å². The van der Waals surface area contributed by atoms with Crippen LogP contribution >= 0.6 is 0 Å². The van der Waals surface area contributed by atoms with Gasteiger partial charge in [-0.1, -0.05) is 24.3 Å². The van der Waals surface area contributed by atoms with Crippen molar-refractivity contribution in [2.45, 2.75) is 18.9 Å². The average molecular weight is 173 g/mol. The molecule has 0 radical (unpaired) electrons. The number of carbonyl (C=O) groups excluding carboxylic acids is 1. The van der Waals surface area contributed by atoms with Crippen LogP contribution in [0, 0.1) is 5.92 Å². The van der Waals surface area contributed by atoms with Crippen molar-refractivity contribution in [1.82, 2.24) is 5.32 Å². The molecule has 2 aliphatic rings. The predicted octanol–water partition coefficient (Wildman–Crippen LogP) is 0.900. The van der Waals surface area contributed by atoms with E-state index < -0.39 is 0 Å². The maximum Gasteiger partial charge on any atom is 0.225 e. The molecule has 1 saturated heterocycles. The second kappa shape index (κ2) is 2.34. The lowest BCUT2D eigenvalue weighted by Gasteiger charge is -2.41. The van der Waals surface area contributed by atoms with Gasteiger partial charge in [-0.25, -0.2) is 0 Å². The summed E-state index contributed by atoms with van der Waals surface area (Å²) in [6.07, 6.45) is 1.96. The highest BCUT2D eigenvalue weighted by molar-refractivity contribution is 5.86. The molecule has 0 spiro atoms. The minimum Gasteiger partial charge on any atom is -0.352 e. The molecule has 1 heterocycles. The molecule has 3 rings (SSSR count). The van der Waals surface area contributed by atoms with Gasteiger partial charge in [-0.3, -0.25) is 4.79 Å². The second-order valence-electron chi connectivity index (χ2n) is 3.90.